The number of carbonyl (C=O) groups excluding carboxylic acids is 1. The molecule has 5 nitrogen and oxygen atoms in total. The number of hydrogen-bond donors (Lipinski definition) is 0. The third kappa shape index (κ3) is 4.50. The van der Waals surface area contributed by atoms with Crippen molar-refractivity contribution in [2.75, 3.05) is 20.1 Å². The number of rotatable bonds is 5. The average molecular weight is 437 g/mol. The van der Waals surface area contributed by atoms with Crippen LogP contribution in [0.1, 0.15) is 24.0 Å². The maximum Gasteiger partial charge on any atom is 0.243 e. The van der Waals surface area contributed by atoms with Gasteiger partial charge in [-0.3, -0.25) is 4.79 Å². The third-order valence-electron chi connectivity index (χ3n) is 6.21. The number of aryl methyl sites for hydroxylation is 1. The summed E-state index contributed by atoms with van der Waals surface area (Å²) in [5.41, 5.74) is 2.30. The number of nitrogens with zero attached hydrogens (tertiary/aromatic N) is 2. The smallest absolute Gasteiger partial charge is 0.243 e. The van der Waals surface area contributed by atoms with Crippen LogP contribution in [-0.2, 0) is 21.4 Å². The molecule has 0 bridgehead atoms. The van der Waals surface area contributed by atoms with Gasteiger partial charge in [0.1, 0.15) is 0 Å². The van der Waals surface area contributed by atoms with Crippen molar-refractivity contribution in [3.63, 3.8) is 0 Å². The van der Waals surface area contributed by atoms with Crippen LogP contribution >= 0.6 is 0 Å². The molecule has 0 aliphatic carbocycles. The highest BCUT2D eigenvalue weighted by molar-refractivity contribution is 7.89. The second-order valence-electron chi connectivity index (χ2n) is 8.31. The summed E-state index contributed by atoms with van der Waals surface area (Å²) in [4.78, 5) is 15.0. The fraction of sp³-hybridized carbons (Fsp3) is 0.320. The molecule has 6 heteroatoms. The zero-order valence-corrected chi connectivity index (χ0v) is 18.8. The highest BCUT2D eigenvalue weighted by Gasteiger charge is 2.33. The molecule has 31 heavy (non-hydrogen) atoms. The molecule has 3 aromatic rings. The first kappa shape index (κ1) is 21.5. The van der Waals surface area contributed by atoms with Gasteiger partial charge in [0.15, 0.2) is 0 Å². The molecule has 0 N–H and O–H groups in total. The lowest BCUT2D eigenvalue weighted by Gasteiger charge is -2.32. The molecule has 0 spiro atoms. The Kier molecular flexibility index (Phi) is 6.12. The van der Waals surface area contributed by atoms with Gasteiger partial charge in [0, 0.05) is 32.6 Å². The van der Waals surface area contributed by atoms with E-state index in [1.807, 2.05) is 68.6 Å². The molecule has 0 radical (unpaired) electrons. The van der Waals surface area contributed by atoms with Crippen molar-refractivity contribution in [1.29, 1.82) is 0 Å². The number of fused-ring (bicyclic) bond motifs is 1. The summed E-state index contributed by atoms with van der Waals surface area (Å²) in [5.74, 6) is -0.0527. The van der Waals surface area contributed by atoms with Crippen LogP contribution < -0.4 is 0 Å². The van der Waals surface area contributed by atoms with Crippen molar-refractivity contribution < 1.29 is 13.2 Å². The molecule has 0 atom stereocenters. The molecule has 4 rings (SSSR count). The number of amides is 1. The van der Waals surface area contributed by atoms with Crippen molar-refractivity contribution in [3.8, 4) is 0 Å². The summed E-state index contributed by atoms with van der Waals surface area (Å²) in [6.07, 6.45) is 1.09. The van der Waals surface area contributed by atoms with E-state index in [2.05, 4.69) is 0 Å². The monoisotopic (exact) mass is 436 g/mol. The van der Waals surface area contributed by atoms with Crippen molar-refractivity contribution >= 4 is 26.7 Å². The Hall–Kier alpha value is -2.70. The molecule has 1 fully saturated rings. The van der Waals surface area contributed by atoms with E-state index >= 15 is 0 Å². The first-order chi connectivity index (χ1) is 14.9. The molecular formula is C25H28N2O3S. The van der Waals surface area contributed by atoms with Gasteiger partial charge in [-0.05, 0) is 53.8 Å². The van der Waals surface area contributed by atoms with Crippen molar-refractivity contribution in [1.82, 2.24) is 9.21 Å². The minimum absolute atomic E-state index is 0.0889. The summed E-state index contributed by atoms with van der Waals surface area (Å²) in [6.45, 7) is 3.35. The molecule has 0 aromatic heterocycles. The molecule has 3 aromatic carbocycles. The lowest BCUT2D eigenvalue weighted by molar-refractivity contribution is -0.135. The predicted molar refractivity (Wildman–Crippen MR) is 123 cm³/mol. The molecular weight excluding hydrogens is 408 g/mol. The summed E-state index contributed by atoms with van der Waals surface area (Å²) >= 11 is 0. The van der Waals surface area contributed by atoms with Gasteiger partial charge in [-0.1, -0.05) is 54.6 Å². The molecule has 1 heterocycles. The molecule has 0 unspecified atom stereocenters. The van der Waals surface area contributed by atoms with Gasteiger partial charge in [-0.15, -0.1) is 0 Å². The van der Waals surface area contributed by atoms with E-state index in [4.69, 9.17) is 0 Å². The maximum atomic E-state index is 13.2. The highest BCUT2D eigenvalue weighted by Crippen LogP contribution is 2.27. The minimum Gasteiger partial charge on any atom is -0.341 e. The summed E-state index contributed by atoms with van der Waals surface area (Å²) in [6, 6.07) is 21.0. The Labute approximate surface area is 184 Å². The normalized spacial score (nSPS) is 15.8. The van der Waals surface area contributed by atoms with Gasteiger partial charge in [0.25, 0.3) is 0 Å². The van der Waals surface area contributed by atoms with Crippen molar-refractivity contribution in [3.05, 3.63) is 77.9 Å². The topological polar surface area (TPSA) is 57.7 Å². The number of benzene rings is 3. The van der Waals surface area contributed by atoms with E-state index in [1.54, 1.807) is 17.0 Å². The van der Waals surface area contributed by atoms with Crippen LogP contribution in [0, 0.1) is 12.8 Å². The number of sulfonamides is 1. The van der Waals surface area contributed by atoms with Crippen LogP contribution in [0.5, 0.6) is 0 Å². The second kappa shape index (κ2) is 8.81. The summed E-state index contributed by atoms with van der Waals surface area (Å²) in [7, 11) is -1.74. The zero-order valence-electron chi connectivity index (χ0n) is 18.0. The Bertz CT molecular complexity index is 1200. The van der Waals surface area contributed by atoms with Gasteiger partial charge in [0.2, 0.25) is 15.9 Å². The summed E-state index contributed by atoms with van der Waals surface area (Å²) < 4.78 is 27.8. The van der Waals surface area contributed by atoms with E-state index in [1.165, 1.54) is 9.87 Å². The van der Waals surface area contributed by atoms with Crippen LogP contribution in [0.15, 0.2) is 71.6 Å². The zero-order chi connectivity index (χ0) is 22.0. The van der Waals surface area contributed by atoms with Crippen LogP contribution in [0.3, 0.4) is 0 Å². The first-order valence-electron chi connectivity index (χ1n) is 10.6. The number of piperidine rings is 1. The fourth-order valence-corrected chi connectivity index (χ4v) is 5.76. The Morgan fingerprint density at radius 2 is 1.61 bits per heavy atom. The minimum atomic E-state index is -3.57. The molecule has 0 saturated carbocycles. The molecule has 1 aliphatic rings. The van der Waals surface area contributed by atoms with E-state index in [-0.39, 0.29) is 11.8 Å². The van der Waals surface area contributed by atoms with Gasteiger partial charge in [-0.2, -0.15) is 4.31 Å². The number of carbonyl (C=O) groups is 1. The number of hydrogen-bond acceptors (Lipinski definition) is 3. The van der Waals surface area contributed by atoms with Crippen LogP contribution in [0.4, 0.5) is 0 Å². The maximum absolute atomic E-state index is 13.2. The quantitative estimate of drug-likeness (QED) is 0.602. The van der Waals surface area contributed by atoms with E-state index in [0.29, 0.717) is 37.4 Å². The molecule has 162 valence electrons. The Morgan fingerprint density at radius 1 is 0.968 bits per heavy atom. The van der Waals surface area contributed by atoms with Crippen molar-refractivity contribution in [2.45, 2.75) is 31.2 Å². The van der Waals surface area contributed by atoms with E-state index < -0.39 is 10.0 Å². The fourth-order valence-electron chi connectivity index (χ4n) is 4.25. The van der Waals surface area contributed by atoms with Gasteiger partial charge < -0.3 is 4.90 Å². The van der Waals surface area contributed by atoms with Gasteiger partial charge in [-0.25, -0.2) is 8.42 Å². The standard InChI is InChI=1S/C25H28N2O3S/c1-19-7-3-4-10-23(19)18-26(2)25(28)21-13-15-27(16-14-21)31(29,30)24-12-11-20-8-5-6-9-22(20)17-24/h3-12,17,21H,13-16,18H2,1-2H3. The Balaban J connectivity index is 1.41. The first-order valence-corrected chi connectivity index (χ1v) is 12.1. The summed E-state index contributed by atoms with van der Waals surface area (Å²) in [5, 5.41) is 1.92. The third-order valence-corrected chi connectivity index (χ3v) is 8.10. The largest absolute Gasteiger partial charge is 0.341 e. The van der Waals surface area contributed by atoms with Crippen LogP contribution in [0.25, 0.3) is 10.8 Å². The molecule has 1 saturated heterocycles. The van der Waals surface area contributed by atoms with Gasteiger partial charge in [0.05, 0.1) is 4.90 Å². The molecule has 1 amide bonds. The highest BCUT2D eigenvalue weighted by atomic mass is 32.2. The van der Waals surface area contributed by atoms with Gasteiger partial charge >= 0.3 is 0 Å². The molecule has 1 aliphatic heterocycles. The van der Waals surface area contributed by atoms with Crippen LogP contribution in [-0.4, -0.2) is 43.7 Å². The predicted octanol–water partition coefficient (Wildman–Crippen LogP) is 4.21. The SMILES string of the molecule is Cc1ccccc1CN(C)C(=O)C1CCN(S(=O)(=O)c2ccc3ccccc3c2)CC1. The lowest BCUT2D eigenvalue weighted by atomic mass is 9.96. The average Bonchev–Trinajstić information content (AvgIpc) is 2.79. The van der Waals surface area contributed by atoms with E-state index in [0.717, 1.165) is 16.3 Å². The van der Waals surface area contributed by atoms with E-state index in [9.17, 15) is 13.2 Å². The Morgan fingerprint density at radius 3 is 2.32 bits per heavy atom. The van der Waals surface area contributed by atoms with Crippen LogP contribution in [0.2, 0.25) is 0 Å². The lowest BCUT2D eigenvalue weighted by Crippen LogP contribution is -2.43. The van der Waals surface area contributed by atoms with Crippen molar-refractivity contribution in [2.24, 2.45) is 5.92 Å². The second-order valence-corrected chi connectivity index (χ2v) is 10.2.